The van der Waals surface area contributed by atoms with E-state index < -0.39 is 12.2 Å². The van der Waals surface area contributed by atoms with Crippen molar-refractivity contribution in [1.29, 1.82) is 0 Å². The minimum atomic E-state index is -1.91. The van der Waals surface area contributed by atoms with Crippen LogP contribution in [0.15, 0.2) is 108 Å². The second-order valence-electron chi connectivity index (χ2n) is 8.17. The molecule has 8 heteroatoms. The van der Waals surface area contributed by atoms with Gasteiger partial charge in [-0.2, -0.15) is 0 Å². The van der Waals surface area contributed by atoms with Crippen LogP contribution >= 0.6 is 7.26 Å². The fourth-order valence-corrected chi connectivity index (χ4v) is 8.91. The van der Waals surface area contributed by atoms with Crippen molar-refractivity contribution in [2.24, 2.45) is 0 Å². The summed E-state index contributed by atoms with van der Waals surface area (Å²) in [5, 5.41) is 26.3. The first-order valence-corrected chi connectivity index (χ1v) is 13.4. The van der Waals surface area contributed by atoms with Gasteiger partial charge in [0.25, 0.3) is 0 Å². The number of aromatic nitrogens is 2. The third-order valence-corrected chi connectivity index (χ3v) is 10.7. The molecule has 0 radical (unpaired) electrons. The molecule has 0 unspecified atom stereocenters. The molecule has 5 aromatic rings. The maximum absolute atomic E-state index is 11.3. The van der Waals surface area contributed by atoms with Crippen molar-refractivity contribution in [3.63, 3.8) is 0 Å². The van der Waals surface area contributed by atoms with E-state index in [-0.39, 0.29) is 11.2 Å². The van der Waals surface area contributed by atoms with Gasteiger partial charge in [0.15, 0.2) is 5.52 Å². The Kier molecular flexibility index (Phi) is 6.51. The van der Waals surface area contributed by atoms with Gasteiger partial charge < -0.3 is 5.32 Å². The molecule has 4 aromatic carbocycles. The maximum atomic E-state index is 11.3. The van der Waals surface area contributed by atoms with Gasteiger partial charge in [-0.3, -0.25) is 10.1 Å². The van der Waals surface area contributed by atoms with Crippen LogP contribution in [0.2, 0.25) is 0 Å². The van der Waals surface area contributed by atoms with E-state index in [4.69, 9.17) is 4.63 Å². The van der Waals surface area contributed by atoms with Crippen LogP contribution in [-0.2, 0) is 0 Å². The van der Waals surface area contributed by atoms with Crippen molar-refractivity contribution in [3.05, 3.63) is 113 Å². The molecule has 0 saturated heterocycles. The fraction of sp³-hybridized carbons (Fsp3) is 0.111. The first kappa shape index (κ1) is 22.7. The van der Waals surface area contributed by atoms with Crippen LogP contribution in [0, 0.1) is 10.1 Å². The molecule has 35 heavy (non-hydrogen) atoms. The predicted molar refractivity (Wildman–Crippen MR) is 142 cm³/mol. The highest BCUT2D eigenvalue weighted by Gasteiger charge is 2.44. The molecule has 1 N–H and O–H groups in total. The summed E-state index contributed by atoms with van der Waals surface area (Å²) in [5.74, 6) is 0. The summed E-state index contributed by atoms with van der Waals surface area (Å²) in [5.41, 5.74) is 1.08. The van der Waals surface area contributed by atoms with Crippen molar-refractivity contribution in [2.75, 3.05) is 18.0 Å². The molecule has 0 amide bonds. The van der Waals surface area contributed by atoms with Gasteiger partial charge in [0.05, 0.1) is 16.8 Å². The lowest BCUT2D eigenvalue weighted by atomic mass is 10.2. The molecule has 1 heterocycles. The molecular formula is C27H24N4O3P+. The summed E-state index contributed by atoms with van der Waals surface area (Å²) in [7, 11) is -1.91. The molecule has 0 aliphatic heterocycles. The molecule has 0 saturated carbocycles. The van der Waals surface area contributed by atoms with E-state index in [1.807, 2.05) is 0 Å². The van der Waals surface area contributed by atoms with Crippen LogP contribution in [-0.4, -0.2) is 27.9 Å². The largest absolute Gasteiger partial charge is 0.383 e. The average molecular weight is 483 g/mol. The van der Waals surface area contributed by atoms with E-state index in [0.717, 1.165) is 12.6 Å². The molecule has 0 bridgehead atoms. The molecule has 0 aliphatic rings. The molecule has 0 spiro atoms. The molecule has 0 aliphatic carbocycles. The molecule has 7 nitrogen and oxygen atoms in total. The molecule has 0 atom stereocenters. The van der Waals surface area contributed by atoms with Crippen molar-refractivity contribution >= 4 is 45.6 Å². The predicted octanol–water partition coefficient (Wildman–Crippen LogP) is 4.93. The minimum absolute atomic E-state index is 0.117. The number of anilines is 1. The maximum Gasteiger partial charge on any atom is 0.300 e. The summed E-state index contributed by atoms with van der Waals surface area (Å²) in [6.45, 7) is 0.675. The zero-order valence-electron chi connectivity index (χ0n) is 18.9. The number of nitrogens with zero attached hydrogens (tertiary/aromatic N) is 3. The number of benzene rings is 4. The molecule has 174 valence electrons. The van der Waals surface area contributed by atoms with Crippen molar-refractivity contribution in [3.8, 4) is 0 Å². The van der Waals surface area contributed by atoms with Crippen LogP contribution < -0.4 is 21.2 Å². The lowest BCUT2D eigenvalue weighted by Crippen LogP contribution is -2.33. The Bertz CT molecular complexity index is 1330. The van der Waals surface area contributed by atoms with Gasteiger partial charge in [0, 0.05) is 12.6 Å². The Morgan fingerprint density at radius 2 is 1.26 bits per heavy atom. The zero-order chi connectivity index (χ0) is 24.1. The Hall–Kier alpha value is -4.09. The minimum Gasteiger partial charge on any atom is -0.383 e. The van der Waals surface area contributed by atoms with Crippen LogP contribution in [0.1, 0.15) is 6.42 Å². The Balaban J connectivity index is 1.46. The molecule has 1 aromatic heterocycles. The van der Waals surface area contributed by atoms with E-state index >= 15 is 0 Å². The van der Waals surface area contributed by atoms with Gasteiger partial charge in [0.1, 0.15) is 23.2 Å². The van der Waals surface area contributed by atoms with E-state index in [0.29, 0.717) is 17.7 Å². The SMILES string of the molecule is O=[N+]([O-])c1ccc(NCCC[P+](c2ccccc2)(c2ccccc2)c2ccccc2)c2nonc12. The van der Waals surface area contributed by atoms with Gasteiger partial charge in [-0.05, 0) is 59.2 Å². The first-order chi connectivity index (χ1) is 17.2. The van der Waals surface area contributed by atoms with E-state index in [1.54, 1.807) is 6.07 Å². The lowest BCUT2D eigenvalue weighted by molar-refractivity contribution is -0.383. The number of hydrogen-bond acceptors (Lipinski definition) is 6. The molecular weight excluding hydrogens is 459 g/mol. The quantitative estimate of drug-likeness (QED) is 0.138. The lowest BCUT2D eigenvalue weighted by Gasteiger charge is -2.27. The van der Waals surface area contributed by atoms with Crippen molar-refractivity contribution in [2.45, 2.75) is 6.42 Å². The van der Waals surface area contributed by atoms with Gasteiger partial charge in [0.2, 0.25) is 5.52 Å². The summed E-state index contributed by atoms with van der Waals surface area (Å²) in [6, 6.07) is 35.4. The van der Waals surface area contributed by atoms with Crippen LogP contribution in [0.4, 0.5) is 11.4 Å². The molecule has 0 fully saturated rings. The summed E-state index contributed by atoms with van der Waals surface area (Å²) >= 11 is 0. The van der Waals surface area contributed by atoms with Crippen LogP contribution in [0.5, 0.6) is 0 Å². The highest BCUT2D eigenvalue weighted by Crippen LogP contribution is 2.55. The third-order valence-electron chi connectivity index (χ3n) is 6.17. The smallest absolute Gasteiger partial charge is 0.300 e. The van der Waals surface area contributed by atoms with E-state index in [1.165, 1.54) is 22.0 Å². The van der Waals surface area contributed by atoms with Crippen LogP contribution in [0.3, 0.4) is 0 Å². The number of rotatable bonds is 9. The topological polar surface area (TPSA) is 94.1 Å². The van der Waals surface area contributed by atoms with Gasteiger partial charge >= 0.3 is 5.69 Å². The van der Waals surface area contributed by atoms with Crippen LogP contribution in [0.25, 0.3) is 11.0 Å². The standard InChI is InChI=1S/C27H24N4O3P/c32-31(33)25-18-17-24(26-27(25)30-34-29-26)28-19-10-20-35(21-11-4-1-5-12-21,22-13-6-2-7-14-22)23-15-8-3-9-16-23/h1-9,11-18,28H,10,19-20H2/q+1. The Labute approximate surface area is 203 Å². The molecule has 5 rings (SSSR count). The number of nitrogens with one attached hydrogen (secondary N) is 1. The van der Waals surface area contributed by atoms with Crippen molar-refractivity contribution in [1.82, 2.24) is 10.3 Å². The monoisotopic (exact) mass is 483 g/mol. The van der Waals surface area contributed by atoms with Gasteiger partial charge in [-0.15, -0.1) is 0 Å². The number of non-ortho nitro benzene ring substituents is 1. The van der Waals surface area contributed by atoms with E-state index in [2.05, 4.69) is 107 Å². The highest BCUT2D eigenvalue weighted by atomic mass is 31.2. The van der Waals surface area contributed by atoms with E-state index in [9.17, 15) is 10.1 Å². The highest BCUT2D eigenvalue weighted by molar-refractivity contribution is 7.95. The number of nitro groups is 1. The number of fused-ring (bicyclic) bond motifs is 1. The summed E-state index contributed by atoms with van der Waals surface area (Å²) in [4.78, 5) is 10.8. The van der Waals surface area contributed by atoms with Crippen molar-refractivity contribution < 1.29 is 9.55 Å². The summed E-state index contributed by atoms with van der Waals surface area (Å²) < 4.78 is 4.79. The third kappa shape index (κ3) is 4.38. The summed E-state index contributed by atoms with van der Waals surface area (Å²) in [6.07, 6.45) is 1.85. The Morgan fingerprint density at radius 3 is 1.77 bits per heavy atom. The second-order valence-corrected chi connectivity index (χ2v) is 11.8. The van der Waals surface area contributed by atoms with Gasteiger partial charge in [-0.1, -0.05) is 54.6 Å². The number of hydrogen-bond donors (Lipinski definition) is 1. The average Bonchev–Trinajstić information content (AvgIpc) is 3.41. The van der Waals surface area contributed by atoms with Gasteiger partial charge in [-0.25, -0.2) is 4.63 Å². The first-order valence-electron chi connectivity index (χ1n) is 11.4. The normalized spacial score (nSPS) is 11.4. The number of nitro benzene ring substituents is 1. The second kappa shape index (κ2) is 10.0. The Morgan fingerprint density at radius 1 is 0.743 bits per heavy atom. The fourth-order valence-electron chi connectivity index (χ4n) is 4.56. The zero-order valence-corrected chi connectivity index (χ0v) is 19.8.